The summed E-state index contributed by atoms with van der Waals surface area (Å²) in [5.74, 6) is 2.31. The number of benzene rings is 1. The molecular weight excluding hydrogens is 375 g/mol. The third-order valence-corrected chi connectivity index (χ3v) is 4.43. The second kappa shape index (κ2) is 5.97. The molecule has 1 aromatic heterocycles. The molecule has 102 valence electrons. The van der Waals surface area contributed by atoms with Crippen molar-refractivity contribution in [1.29, 1.82) is 0 Å². The second-order valence-electron chi connectivity index (χ2n) is 4.94. The first-order valence-corrected chi connectivity index (χ1v) is 8.17. The summed E-state index contributed by atoms with van der Waals surface area (Å²) in [6.07, 6.45) is 1.96. The van der Waals surface area contributed by atoms with Crippen LogP contribution in [0.4, 0.5) is 0 Å². The van der Waals surface area contributed by atoms with Crippen LogP contribution in [-0.4, -0.2) is 28.6 Å². The van der Waals surface area contributed by atoms with Gasteiger partial charge in [0.1, 0.15) is 5.82 Å². The van der Waals surface area contributed by atoms with Crippen molar-refractivity contribution in [2.75, 3.05) is 19.1 Å². The van der Waals surface area contributed by atoms with Gasteiger partial charge in [0, 0.05) is 34.9 Å². The highest BCUT2D eigenvalue weighted by Crippen LogP contribution is 2.23. The predicted octanol–water partition coefficient (Wildman–Crippen LogP) is 3.46. The number of aromatic nitrogens is 2. The molecule has 0 N–H and O–H groups in total. The van der Waals surface area contributed by atoms with Gasteiger partial charge in [0.15, 0.2) is 0 Å². The Bertz CT molecular complexity index is 578. The van der Waals surface area contributed by atoms with Crippen LogP contribution in [0.2, 0.25) is 0 Å². The summed E-state index contributed by atoms with van der Waals surface area (Å²) >= 11 is 8.23. The first-order chi connectivity index (χ1) is 9.28. The Balaban J connectivity index is 2.00. The summed E-state index contributed by atoms with van der Waals surface area (Å²) in [7, 11) is 0. The molecule has 0 amide bonds. The van der Waals surface area contributed by atoms with Crippen molar-refractivity contribution in [3.05, 3.63) is 27.6 Å². The highest BCUT2D eigenvalue weighted by Gasteiger charge is 2.19. The number of halogens is 2. The lowest BCUT2D eigenvalue weighted by molar-refractivity contribution is 0.182. The van der Waals surface area contributed by atoms with E-state index in [0.29, 0.717) is 11.8 Å². The van der Waals surface area contributed by atoms with Gasteiger partial charge in [-0.05, 0) is 47.2 Å². The standard InChI is InChI=1S/C14H16ClIN2O/c15-5-3-14-17-12-7-11(16)1-2-13(12)18(14)8-10-4-6-19-9-10/h1-2,7,10H,3-6,8-9H2. The molecule has 0 aliphatic carbocycles. The molecule has 0 bridgehead atoms. The normalized spacial score (nSPS) is 19.4. The summed E-state index contributed by atoms with van der Waals surface area (Å²) in [5, 5.41) is 0. The number of rotatable bonds is 4. The maximum Gasteiger partial charge on any atom is 0.111 e. The number of hydrogen-bond donors (Lipinski definition) is 0. The molecule has 1 unspecified atom stereocenters. The molecule has 3 nitrogen and oxygen atoms in total. The van der Waals surface area contributed by atoms with E-state index in [1.165, 1.54) is 9.09 Å². The van der Waals surface area contributed by atoms with Gasteiger partial charge >= 0.3 is 0 Å². The van der Waals surface area contributed by atoms with Gasteiger partial charge in [-0.15, -0.1) is 11.6 Å². The fourth-order valence-corrected chi connectivity index (χ4v) is 3.26. The number of imidazole rings is 1. The molecule has 0 saturated carbocycles. The summed E-state index contributed by atoms with van der Waals surface area (Å²) in [6.45, 7) is 2.74. The Morgan fingerprint density at radius 2 is 2.37 bits per heavy atom. The molecule has 0 radical (unpaired) electrons. The molecule has 19 heavy (non-hydrogen) atoms. The predicted molar refractivity (Wildman–Crippen MR) is 85.8 cm³/mol. The number of aryl methyl sites for hydroxylation is 1. The molecule has 1 atom stereocenters. The minimum atomic E-state index is 0.603. The Morgan fingerprint density at radius 1 is 1.47 bits per heavy atom. The molecule has 2 heterocycles. The van der Waals surface area contributed by atoms with E-state index in [1.807, 2.05) is 0 Å². The topological polar surface area (TPSA) is 27.1 Å². The fourth-order valence-electron chi connectivity index (χ4n) is 2.62. The summed E-state index contributed by atoms with van der Waals surface area (Å²) in [4.78, 5) is 4.74. The van der Waals surface area contributed by atoms with Crippen LogP contribution < -0.4 is 0 Å². The molecule has 3 rings (SSSR count). The van der Waals surface area contributed by atoms with E-state index < -0.39 is 0 Å². The van der Waals surface area contributed by atoms with Gasteiger partial charge in [-0.2, -0.15) is 0 Å². The molecule has 1 fully saturated rings. The van der Waals surface area contributed by atoms with Crippen molar-refractivity contribution in [3.8, 4) is 0 Å². The van der Waals surface area contributed by atoms with Crippen LogP contribution >= 0.6 is 34.2 Å². The van der Waals surface area contributed by atoms with Crippen LogP contribution in [0, 0.1) is 9.49 Å². The van der Waals surface area contributed by atoms with Crippen LogP contribution in [0.1, 0.15) is 12.2 Å². The van der Waals surface area contributed by atoms with Gasteiger partial charge in [0.05, 0.1) is 17.6 Å². The molecule has 1 aromatic carbocycles. The van der Waals surface area contributed by atoms with Gasteiger partial charge in [-0.25, -0.2) is 4.98 Å². The van der Waals surface area contributed by atoms with E-state index in [9.17, 15) is 0 Å². The third kappa shape index (κ3) is 2.90. The number of hydrogen-bond acceptors (Lipinski definition) is 2. The van der Waals surface area contributed by atoms with E-state index >= 15 is 0 Å². The maximum atomic E-state index is 5.90. The smallest absolute Gasteiger partial charge is 0.111 e. The molecule has 0 spiro atoms. The van der Waals surface area contributed by atoms with Crippen LogP contribution in [0.5, 0.6) is 0 Å². The van der Waals surface area contributed by atoms with Gasteiger partial charge in [-0.3, -0.25) is 0 Å². The van der Waals surface area contributed by atoms with E-state index in [-0.39, 0.29) is 0 Å². The van der Waals surface area contributed by atoms with Gasteiger partial charge < -0.3 is 9.30 Å². The van der Waals surface area contributed by atoms with E-state index in [1.54, 1.807) is 0 Å². The van der Waals surface area contributed by atoms with Gasteiger partial charge in [-0.1, -0.05) is 0 Å². The Labute approximate surface area is 131 Å². The van der Waals surface area contributed by atoms with Crippen molar-refractivity contribution in [2.24, 2.45) is 5.92 Å². The third-order valence-electron chi connectivity index (χ3n) is 3.57. The van der Waals surface area contributed by atoms with Crippen molar-refractivity contribution in [3.63, 3.8) is 0 Å². The number of nitrogens with zero attached hydrogens (tertiary/aromatic N) is 2. The maximum absolute atomic E-state index is 5.90. The SMILES string of the molecule is ClCCc1nc2cc(I)ccc2n1CC1CCOC1. The van der Waals surface area contributed by atoms with Crippen LogP contribution in [0.25, 0.3) is 11.0 Å². The van der Waals surface area contributed by atoms with Crippen LogP contribution in [0.15, 0.2) is 18.2 Å². The monoisotopic (exact) mass is 390 g/mol. The number of fused-ring (bicyclic) bond motifs is 1. The zero-order valence-electron chi connectivity index (χ0n) is 10.6. The lowest BCUT2D eigenvalue weighted by Crippen LogP contribution is -2.13. The van der Waals surface area contributed by atoms with Gasteiger partial charge in [0.25, 0.3) is 0 Å². The van der Waals surface area contributed by atoms with Crippen molar-refractivity contribution < 1.29 is 4.74 Å². The van der Waals surface area contributed by atoms with E-state index in [2.05, 4.69) is 45.4 Å². The fraction of sp³-hybridized carbons (Fsp3) is 0.500. The quantitative estimate of drug-likeness (QED) is 0.590. The van der Waals surface area contributed by atoms with Crippen LogP contribution in [-0.2, 0) is 17.7 Å². The molecule has 5 heteroatoms. The largest absolute Gasteiger partial charge is 0.381 e. The Hall–Kier alpha value is -0.330. The van der Waals surface area contributed by atoms with Gasteiger partial charge in [0.2, 0.25) is 0 Å². The first-order valence-electron chi connectivity index (χ1n) is 6.56. The Kier molecular flexibility index (Phi) is 4.29. The lowest BCUT2D eigenvalue weighted by atomic mass is 10.1. The minimum Gasteiger partial charge on any atom is -0.381 e. The molecule has 1 aliphatic heterocycles. The van der Waals surface area contributed by atoms with Crippen molar-refractivity contribution >= 4 is 45.2 Å². The molecule has 2 aromatic rings. The van der Waals surface area contributed by atoms with E-state index in [4.69, 9.17) is 21.3 Å². The average Bonchev–Trinajstić information content (AvgIpc) is 2.99. The average molecular weight is 391 g/mol. The molecular formula is C14H16ClIN2O. The van der Waals surface area contributed by atoms with Crippen LogP contribution in [0.3, 0.4) is 0 Å². The minimum absolute atomic E-state index is 0.603. The van der Waals surface area contributed by atoms with E-state index in [0.717, 1.165) is 43.9 Å². The lowest BCUT2D eigenvalue weighted by Gasteiger charge is -2.12. The highest BCUT2D eigenvalue weighted by atomic mass is 127. The molecule has 1 saturated heterocycles. The summed E-state index contributed by atoms with van der Waals surface area (Å²) in [6, 6.07) is 6.43. The number of alkyl halides is 1. The Morgan fingerprint density at radius 3 is 3.11 bits per heavy atom. The van der Waals surface area contributed by atoms with Crippen molar-refractivity contribution in [1.82, 2.24) is 9.55 Å². The first kappa shape index (κ1) is 13.6. The summed E-state index contributed by atoms with van der Waals surface area (Å²) in [5.41, 5.74) is 2.29. The zero-order valence-corrected chi connectivity index (χ0v) is 13.5. The summed E-state index contributed by atoms with van der Waals surface area (Å²) < 4.78 is 9.02. The van der Waals surface area contributed by atoms with Crippen molar-refractivity contribution in [2.45, 2.75) is 19.4 Å². The highest BCUT2D eigenvalue weighted by molar-refractivity contribution is 14.1. The second-order valence-corrected chi connectivity index (χ2v) is 6.56. The zero-order chi connectivity index (χ0) is 13.2. The number of ether oxygens (including phenoxy) is 1. The molecule has 1 aliphatic rings.